The zero-order valence-corrected chi connectivity index (χ0v) is 8.43. The normalized spacial score (nSPS) is 14.2. The van der Waals surface area contributed by atoms with Gasteiger partial charge in [0.2, 0.25) is 5.78 Å². The van der Waals surface area contributed by atoms with E-state index < -0.39 is 18.2 Å². The molecule has 1 rings (SSSR count). The summed E-state index contributed by atoms with van der Waals surface area (Å²) in [7, 11) is 0. The van der Waals surface area contributed by atoms with Gasteiger partial charge in [-0.25, -0.2) is 4.79 Å². The number of esters is 1. The van der Waals surface area contributed by atoms with Gasteiger partial charge in [-0.1, -0.05) is 24.3 Å². The van der Waals surface area contributed by atoms with Gasteiger partial charge < -0.3 is 4.74 Å². The fraction of sp³-hybridized carbons (Fsp3) is 0.364. The summed E-state index contributed by atoms with van der Waals surface area (Å²) in [6, 6.07) is 0. The third kappa shape index (κ3) is 3.16. The fourth-order valence-electron chi connectivity index (χ4n) is 1.21. The monoisotopic (exact) mass is 208 g/mol. The summed E-state index contributed by atoms with van der Waals surface area (Å²) in [6.45, 7) is 1.75. The highest BCUT2D eigenvalue weighted by Gasteiger charge is 2.22. The molecule has 15 heavy (non-hydrogen) atoms. The zero-order valence-electron chi connectivity index (χ0n) is 8.43. The van der Waals surface area contributed by atoms with Crippen LogP contribution in [0.15, 0.2) is 24.3 Å². The molecule has 0 heterocycles. The molecule has 0 N–H and O–H groups in total. The molecular formula is C11H12O4. The van der Waals surface area contributed by atoms with Gasteiger partial charge in [0.05, 0.1) is 18.9 Å². The van der Waals surface area contributed by atoms with Crippen LogP contribution in [0.2, 0.25) is 0 Å². The van der Waals surface area contributed by atoms with Crippen molar-refractivity contribution in [3.8, 4) is 0 Å². The lowest BCUT2D eigenvalue weighted by Gasteiger charge is -2.03. The smallest absolute Gasteiger partial charge is 0.375 e. The first-order valence-corrected chi connectivity index (χ1v) is 4.72. The lowest BCUT2D eigenvalue weighted by molar-refractivity contribution is -0.154. The van der Waals surface area contributed by atoms with Crippen LogP contribution < -0.4 is 0 Å². The Hall–Kier alpha value is -1.71. The van der Waals surface area contributed by atoms with Crippen LogP contribution in [0.5, 0.6) is 0 Å². The largest absolute Gasteiger partial charge is 0.460 e. The maximum Gasteiger partial charge on any atom is 0.375 e. The minimum Gasteiger partial charge on any atom is -0.460 e. The minimum absolute atomic E-state index is 0.141. The summed E-state index contributed by atoms with van der Waals surface area (Å²) in [6.07, 6.45) is 6.44. The van der Waals surface area contributed by atoms with Gasteiger partial charge in [0.25, 0.3) is 0 Å². The van der Waals surface area contributed by atoms with Crippen LogP contribution in [0, 0.1) is 5.92 Å². The summed E-state index contributed by atoms with van der Waals surface area (Å²) >= 11 is 0. The molecule has 0 aromatic heterocycles. The maximum absolute atomic E-state index is 11.4. The van der Waals surface area contributed by atoms with E-state index in [0.717, 1.165) is 0 Å². The Bertz CT molecular complexity index is 326. The molecule has 1 aliphatic rings. The summed E-state index contributed by atoms with van der Waals surface area (Å²) in [5.74, 6) is -2.37. The van der Waals surface area contributed by atoms with E-state index in [1.807, 2.05) is 0 Å². The molecule has 80 valence electrons. The van der Waals surface area contributed by atoms with E-state index in [2.05, 4.69) is 4.74 Å². The molecule has 0 fully saturated rings. The Kier molecular flexibility index (Phi) is 3.97. The number of hydrogen-bond acceptors (Lipinski definition) is 4. The van der Waals surface area contributed by atoms with Crippen molar-refractivity contribution in [2.75, 3.05) is 6.61 Å². The van der Waals surface area contributed by atoms with Crippen molar-refractivity contribution in [1.29, 1.82) is 0 Å². The Labute approximate surface area is 87.6 Å². The number of rotatable bonds is 5. The van der Waals surface area contributed by atoms with Gasteiger partial charge >= 0.3 is 5.97 Å². The van der Waals surface area contributed by atoms with Crippen molar-refractivity contribution < 1.29 is 19.1 Å². The highest BCUT2D eigenvalue weighted by atomic mass is 16.5. The summed E-state index contributed by atoms with van der Waals surface area (Å²) in [5, 5.41) is 0. The predicted octanol–water partition coefficient (Wildman–Crippen LogP) is 0.820. The quantitative estimate of drug-likeness (QED) is 0.381. The Morgan fingerprint density at radius 1 is 1.20 bits per heavy atom. The van der Waals surface area contributed by atoms with Crippen LogP contribution in [0.25, 0.3) is 0 Å². The molecule has 1 aliphatic carbocycles. The van der Waals surface area contributed by atoms with Crippen LogP contribution >= 0.6 is 0 Å². The lowest BCUT2D eigenvalue weighted by atomic mass is 10.0. The highest BCUT2D eigenvalue weighted by molar-refractivity contribution is 6.37. The first kappa shape index (κ1) is 11.4. The molecule has 4 heteroatoms. The number of hydrogen-bond donors (Lipinski definition) is 0. The van der Waals surface area contributed by atoms with Gasteiger partial charge in [-0.2, -0.15) is 0 Å². The Morgan fingerprint density at radius 2 is 1.80 bits per heavy atom. The van der Waals surface area contributed by atoms with Crippen LogP contribution in [0.4, 0.5) is 0 Å². The second-order valence-corrected chi connectivity index (χ2v) is 3.08. The van der Waals surface area contributed by atoms with E-state index >= 15 is 0 Å². The molecule has 0 spiro atoms. The van der Waals surface area contributed by atoms with Crippen molar-refractivity contribution in [2.45, 2.75) is 13.3 Å². The molecule has 0 aromatic carbocycles. The number of allylic oxidation sites excluding steroid dienone is 4. The van der Waals surface area contributed by atoms with Crippen molar-refractivity contribution in [1.82, 2.24) is 0 Å². The van der Waals surface area contributed by atoms with Crippen LogP contribution in [-0.4, -0.2) is 24.1 Å². The molecule has 0 bridgehead atoms. The first-order valence-electron chi connectivity index (χ1n) is 4.72. The minimum atomic E-state index is -0.934. The molecule has 0 amide bonds. The zero-order chi connectivity index (χ0) is 11.3. The Balaban J connectivity index is 2.44. The third-order valence-corrected chi connectivity index (χ3v) is 1.96. The molecule has 4 nitrogen and oxygen atoms in total. The molecule has 0 unspecified atom stereocenters. The predicted molar refractivity (Wildman–Crippen MR) is 53.0 cm³/mol. The molecular weight excluding hydrogens is 196 g/mol. The molecule has 0 aliphatic heterocycles. The van der Waals surface area contributed by atoms with Crippen LogP contribution in [0.1, 0.15) is 13.3 Å². The van der Waals surface area contributed by atoms with E-state index in [0.29, 0.717) is 0 Å². The molecule has 0 radical (unpaired) electrons. The lowest BCUT2D eigenvalue weighted by Crippen LogP contribution is -2.22. The molecule has 0 saturated carbocycles. The number of ketones is 2. The van der Waals surface area contributed by atoms with Gasteiger partial charge in [0.15, 0.2) is 5.78 Å². The van der Waals surface area contributed by atoms with Crippen LogP contribution in [0.3, 0.4) is 0 Å². The van der Waals surface area contributed by atoms with Crippen molar-refractivity contribution in [3.63, 3.8) is 0 Å². The number of Topliss-reactive ketones (excluding diaryl/α,β-unsaturated/α-hetero) is 2. The second kappa shape index (κ2) is 5.24. The van der Waals surface area contributed by atoms with Gasteiger partial charge in [-0.3, -0.25) is 9.59 Å². The molecule has 0 atom stereocenters. The maximum atomic E-state index is 11.4. The molecule has 0 saturated heterocycles. The fourth-order valence-corrected chi connectivity index (χ4v) is 1.21. The first-order chi connectivity index (χ1) is 7.15. The van der Waals surface area contributed by atoms with E-state index in [-0.39, 0.29) is 18.3 Å². The van der Waals surface area contributed by atoms with Gasteiger partial charge in [-0.15, -0.1) is 0 Å². The van der Waals surface area contributed by atoms with E-state index in [1.165, 1.54) is 0 Å². The van der Waals surface area contributed by atoms with Crippen molar-refractivity contribution >= 4 is 17.5 Å². The van der Waals surface area contributed by atoms with Crippen molar-refractivity contribution in [2.24, 2.45) is 5.92 Å². The summed E-state index contributed by atoms with van der Waals surface area (Å²) < 4.78 is 4.49. The number of ether oxygens (including phenoxy) is 1. The van der Waals surface area contributed by atoms with Gasteiger partial charge in [0.1, 0.15) is 0 Å². The van der Waals surface area contributed by atoms with Crippen LogP contribution in [-0.2, 0) is 19.1 Å². The van der Waals surface area contributed by atoms with E-state index in [1.54, 1.807) is 31.2 Å². The van der Waals surface area contributed by atoms with Crippen molar-refractivity contribution in [3.05, 3.63) is 24.3 Å². The topological polar surface area (TPSA) is 60.4 Å². The van der Waals surface area contributed by atoms with E-state index in [9.17, 15) is 14.4 Å². The SMILES string of the molecule is CCOC(=O)C(=O)CC(=O)C1C=CC=C1. The van der Waals surface area contributed by atoms with Gasteiger partial charge in [-0.05, 0) is 6.92 Å². The second-order valence-electron chi connectivity index (χ2n) is 3.08. The highest BCUT2D eigenvalue weighted by Crippen LogP contribution is 2.12. The summed E-state index contributed by atoms with van der Waals surface area (Å²) in [4.78, 5) is 33.5. The average Bonchev–Trinajstić information content (AvgIpc) is 2.70. The third-order valence-electron chi connectivity index (χ3n) is 1.96. The molecule has 0 aromatic rings. The number of carbonyl (C=O) groups is 3. The Morgan fingerprint density at radius 3 is 2.33 bits per heavy atom. The van der Waals surface area contributed by atoms with E-state index in [4.69, 9.17) is 0 Å². The van der Waals surface area contributed by atoms with Gasteiger partial charge in [0, 0.05) is 0 Å². The summed E-state index contributed by atoms with van der Waals surface area (Å²) in [5.41, 5.74) is 0. The number of carbonyl (C=O) groups excluding carboxylic acids is 3. The average molecular weight is 208 g/mol. The standard InChI is InChI=1S/C11H12O4/c1-2-15-11(14)10(13)7-9(12)8-5-3-4-6-8/h3-6,8H,2,7H2,1H3.